The van der Waals surface area contributed by atoms with Gasteiger partial charge in [-0.3, -0.25) is 0 Å². The lowest BCUT2D eigenvalue weighted by Gasteiger charge is -1.96. The number of H-pyrrole nitrogens is 1. The maximum atomic E-state index is 9.44. The maximum absolute atomic E-state index is 9.44. The third kappa shape index (κ3) is 1.44. The highest BCUT2D eigenvalue weighted by Gasteiger charge is 2.07. The molecule has 0 bridgehead atoms. The second-order valence-corrected chi connectivity index (χ2v) is 2.97. The first-order valence-corrected chi connectivity index (χ1v) is 4.32. The Morgan fingerprint density at radius 1 is 1.21 bits per heavy atom. The number of aromatic nitrogens is 1. The summed E-state index contributed by atoms with van der Waals surface area (Å²) in [5.74, 6) is 0.523. The lowest BCUT2D eigenvalue weighted by atomic mass is 10.2. The van der Waals surface area contributed by atoms with Crippen LogP contribution >= 0.6 is 0 Å². The fourth-order valence-electron chi connectivity index (χ4n) is 1.35. The maximum Gasteiger partial charge on any atom is 0.234 e. The van der Waals surface area contributed by atoms with E-state index in [9.17, 15) is 5.11 Å². The molecule has 0 aliphatic carbocycles. The molecule has 1 aromatic carbocycles. The molecule has 3 heteroatoms. The second-order valence-electron chi connectivity index (χ2n) is 2.97. The Morgan fingerprint density at radius 3 is 2.50 bits per heavy atom. The standard InChI is InChI=1S/C11H11NO2/c1-14-11-10(13)7-9(12-11)8-5-3-2-4-6-8/h2-7,12-13H,1H3. The molecule has 0 aliphatic rings. The van der Waals surface area contributed by atoms with Gasteiger partial charge >= 0.3 is 0 Å². The number of nitrogens with one attached hydrogen (secondary N) is 1. The number of aromatic hydroxyl groups is 1. The van der Waals surface area contributed by atoms with Gasteiger partial charge in [0.2, 0.25) is 5.88 Å². The van der Waals surface area contributed by atoms with Crippen molar-refractivity contribution < 1.29 is 9.84 Å². The Labute approximate surface area is 82.0 Å². The number of rotatable bonds is 2. The van der Waals surface area contributed by atoms with Gasteiger partial charge in [0.05, 0.1) is 12.8 Å². The molecule has 0 unspecified atom stereocenters. The van der Waals surface area contributed by atoms with E-state index in [1.807, 2.05) is 30.3 Å². The van der Waals surface area contributed by atoms with Crippen molar-refractivity contribution in [1.82, 2.24) is 4.98 Å². The number of ether oxygens (including phenoxy) is 1. The third-order valence-corrected chi connectivity index (χ3v) is 2.05. The number of benzene rings is 1. The summed E-state index contributed by atoms with van der Waals surface area (Å²) in [5.41, 5.74) is 1.87. The van der Waals surface area contributed by atoms with Crippen LogP contribution in [0.4, 0.5) is 0 Å². The molecule has 0 fully saturated rings. The van der Waals surface area contributed by atoms with Crippen LogP contribution < -0.4 is 4.74 Å². The van der Waals surface area contributed by atoms with E-state index in [0.29, 0.717) is 5.88 Å². The van der Waals surface area contributed by atoms with Gasteiger partial charge in [-0.2, -0.15) is 0 Å². The highest BCUT2D eigenvalue weighted by Crippen LogP contribution is 2.30. The molecule has 0 spiro atoms. The first-order valence-electron chi connectivity index (χ1n) is 4.32. The monoisotopic (exact) mass is 189 g/mol. The van der Waals surface area contributed by atoms with Crippen molar-refractivity contribution in [3.63, 3.8) is 0 Å². The van der Waals surface area contributed by atoms with Gasteiger partial charge in [-0.05, 0) is 5.56 Å². The van der Waals surface area contributed by atoms with Crippen molar-refractivity contribution >= 4 is 0 Å². The number of aromatic amines is 1. The molecule has 0 atom stereocenters. The Hall–Kier alpha value is -1.90. The molecule has 14 heavy (non-hydrogen) atoms. The smallest absolute Gasteiger partial charge is 0.234 e. The van der Waals surface area contributed by atoms with Gasteiger partial charge in [-0.25, -0.2) is 0 Å². The first-order chi connectivity index (χ1) is 6.81. The molecule has 2 rings (SSSR count). The zero-order chi connectivity index (χ0) is 9.97. The van der Waals surface area contributed by atoms with Crippen molar-refractivity contribution in [2.45, 2.75) is 0 Å². The van der Waals surface area contributed by atoms with Crippen molar-refractivity contribution in [2.24, 2.45) is 0 Å². The van der Waals surface area contributed by atoms with Gasteiger partial charge in [0, 0.05) is 6.07 Å². The molecular weight excluding hydrogens is 178 g/mol. The molecule has 2 N–H and O–H groups in total. The summed E-state index contributed by atoms with van der Waals surface area (Å²) in [7, 11) is 1.51. The SMILES string of the molecule is COc1[nH]c(-c2ccccc2)cc1O. The van der Waals surface area contributed by atoms with E-state index in [0.717, 1.165) is 11.3 Å². The summed E-state index contributed by atoms with van der Waals surface area (Å²) >= 11 is 0. The van der Waals surface area contributed by atoms with E-state index in [-0.39, 0.29) is 5.75 Å². The normalized spacial score (nSPS) is 10.1. The van der Waals surface area contributed by atoms with Crippen molar-refractivity contribution in [3.8, 4) is 22.9 Å². The zero-order valence-electron chi connectivity index (χ0n) is 7.82. The van der Waals surface area contributed by atoms with Gasteiger partial charge in [0.15, 0.2) is 5.75 Å². The van der Waals surface area contributed by atoms with Crippen LogP contribution in [0.25, 0.3) is 11.3 Å². The van der Waals surface area contributed by atoms with Crippen LogP contribution in [0.15, 0.2) is 36.4 Å². The summed E-state index contributed by atoms with van der Waals surface area (Å²) in [4.78, 5) is 2.98. The third-order valence-electron chi connectivity index (χ3n) is 2.05. The second kappa shape index (κ2) is 3.46. The Kier molecular flexibility index (Phi) is 2.14. The molecule has 0 aliphatic heterocycles. The van der Waals surface area contributed by atoms with Crippen molar-refractivity contribution in [3.05, 3.63) is 36.4 Å². The molecule has 0 saturated heterocycles. The minimum atomic E-state index is 0.131. The quantitative estimate of drug-likeness (QED) is 0.761. The summed E-state index contributed by atoms with van der Waals surface area (Å²) in [6.45, 7) is 0. The topological polar surface area (TPSA) is 45.2 Å². The van der Waals surface area contributed by atoms with Gasteiger partial charge < -0.3 is 14.8 Å². The minimum Gasteiger partial charge on any atom is -0.503 e. The first kappa shape index (κ1) is 8.69. The molecule has 72 valence electrons. The van der Waals surface area contributed by atoms with Gasteiger partial charge in [-0.1, -0.05) is 30.3 Å². The minimum absolute atomic E-state index is 0.131. The van der Waals surface area contributed by atoms with E-state index in [1.54, 1.807) is 6.07 Å². The number of methoxy groups -OCH3 is 1. The zero-order valence-corrected chi connectivity index (χ0v) is 7.82. The van der Waals surface area contributed by atoms with Crippen molar-refractivity contribution in [2.75, 3.05) is 7.11 Å². The Morgan fingerprint density at radius 2 is 1.93 bits per heavy atom. The average Bonchev–Trinajstić information content (AvgIpc) is 2.61. The predicted octanol–water partition coefficient (Wildman–Crippen LogP) is 2.40. The van der Waals surface area contributed by atoms with E-state index in [4.69, 9.17) is 4.74 Å². The van der Waals surface area contributed by atoms with E-state index >= 15 is 0 Å². The molecular formula is C11H11NO2. The van der Waals surface area contributed by atoms with Gasteiger partial charge in [0.25, 0.3) is 0 Å². The summed E-state index contributed by atoms with van der Waals surface area (Å²) < 4.78 is 4.94. The Bertz CT molecular complexity index is 420. The molecule has 0 radical (unpaired) electrons. The van der Waals surface area contributed by atoms with Crippen LogP contribution in [0.5, 0.6) is 11.6 Å². The molecule has 1 aromatic heterocycles. The van der Waals surface area contributed by atoms with E-state index in [2.05, 4.69) is 4.98 Å². The van der Waals surface area contributed by atoms with Crippen LogP contribution in [0, 0.1) is 0 Å². The highest BCUT2D eigenvalue weighted by atomic mass is 16.5. The lowest BCUT2D eigenvalue weighted by Crippen LogP contribution is -1.82. The van der Waals surface area contributed by atoms with Crippen LogP contribution in [0.1, 0.15) is 0 Å². The number of hydrogen-bond donors (Lipinski definition) is 2. The van der Waals surface area contributed by atoms with Crippen LogP contribution in [0.2, 0.25) is 0 Å². The summed E-state index contributed by atoms with van der Waals surface area (Å²) in [5, 5.41) is 9.44. The Balaban J connectivity index is 2.43. The molecule has 2 aromatic rings. The largest absolute Gasteiger partial charge is 0.503 e. The summed E-state index contributed by atoms with van der Waals surface area (Å²) in [6.07, 6.45) is 0. The molecule has 3 nitrogen and oxygen atoms in total. The van der Waals surface area contributed by atoms with Crippen molar-refractivity contribution in [1.29, 1.82) is 0 Å². The highest BCUT2D eigenvalue weighted by molar-refractivity contribution is 5.63. The fourth-order valence-corrected chi connectivity index (χ4v) is 1.35. The van der Waals surface area contributed by atoms with Crippen LogP contribution in [-0.4, -0.2) is 17.2 Å². The molecule has 0 saturated carbocycles. The molecule has 1 heterocycles. The number of hydrogen-bond acceptors (Lipinski definition) is 2. The molecule has 0 amide bonds. The van der Waals surface area contributed by atoms with E-state index in [1.165, 1.54) is 7.11 Å². The van der Waals surface area contributed by atoms with Gasteiger partial charge in [0.1, 0.15) is 0 Å². The average molecular weight is 189 g/mol. The lowest BCUT2D eigenvalue weighted by molar-refractivity contribution is 0.364. The van der Waals surface area contributed by atoms with Crippen LogP contribution in [-0.2, 0) is 0 Å². The summed E-state index contributed by atoms with van der Waals surface area (Å²) in [6, 6.07) is 11.4. The fraction of sp³-hybridized carbons (Fsp3) is 0.0909. The van der Waals surface area contributed by atoms with Gasteiger partial charge in [-0.15, -0.1) is 0 Å². The van der Waals surface area contributed by atoms with E-state index < -0.39 is 0 Å². The predicted molar refractivity (Wildman–Crippen MR) is 54.4 cm³/mol. The van der Waals surface area contributed by atoms with Crippen LogP contribution in [0.3, 0.4) is 0 Å².